The van der Waals surface area contributed by atoms with Crippen LogP contribution in [0.25, 0.3) is 0 Å². The molecule has 104 valence electrons. The van der Waals surface area contributed by atoms with Crippen molar-refractivity contribution in [2.75, 3.05) is 13.2 Å². The maximum atomic E-state index is 9.03. The molecular weight excluding hydrogens is 236 g/mol. The molecule has 0 aromatic heterocycles. The summed E-state index contributed by atoms with van der Waals surface area (Å²) in [7, 11) is 0. The van der Waals surface area contributed by atoms with Crippen molar-refractivity contribution in [3.63, 3.8) is 0 Å². The number of rotatable bonds is 6. The minimum Gasteiger partial charge on any atom is -0.494 e. The minimum absolute atomic E-state index is 0.0289. The highest BCUT2D eigenvalue weighted by Gasteiger charge is 2.24. The van der Waals surface area contributed by atoms with Crippen LogP contribution in [0.3, 0.4) is 0 Å². The number of benzene rings is 1. The lowest BCUT2D eigenvalue weighted by Crippen LogP contribution is -2.44. The van der Waals surface area contributed by atoms with Gasteiger partial charge in [-0.1, -0.05) is 26.0 Å². The van der Waals surface area contributed by atoms with Gasteiger partial charge < -0.3 is 4.74 Å². The van der Waals surface area contributed by atoms with Crippen molar-refractivity contribution in [3.8, 4) is 11.8 Å². The van der Waals surface area contributed by atoms with Gasteiger partial charge in [-0.15, -0.1) is 0 Å². The number of nitrogens with zero attached hydrogens (tertiary/aromatic N) is 1. The van der Waals surface area contributed by atoms with Gasteiger partial charge in [0.1, 0.15) is 11.3 Å². The van der Waals surface area contributed by atoms with Crippen molar-refractivity contribution in [1.29, 1.82) is 5.26 Å². The number of ether oxygens (including phenoxy) is 1. The van der Waals surface area contributed by atoms with Crippen molar-refractivity contribution in [2.24, 2.45) is 0 Å². The van der Waals surface area contributed by atoms with E-state index in [2.05, 4.69) is 37.4 Å². The molecule has 0 spiro atoms. The van der Waals surface area contributed by atoms with Crippen molar-refractivity contribution in [2.45, 2.75) is 45.6 Å². The third-order valence-corrected chi connectivity index (χ3v) is 3.20. The smallest absolute Gasteiger partial charge is 0.119 e. The number of hydrogen-bond acceptors (Lipinski definition) is 3. The highest BCUT2D eigenvalue weighted by Crippen LogP contribution is 2.25. The predicted molar refractivity (Wildman–Crippen MR) is 78.3 cm³/mol. The van der Waals surface area contributed by atoms with Crippen LogP contribution in [0.1, 0.15) is 40.2 Å². The van der Waals surface area contributed by atoms with E-state index in [1.165, 1.54) is 5.56 Å². The topological polar surface area (TPSA) is 45.0 Å². The Hall–Kier alpha value is -1.53. The van der Waals surface area contributed by atoms with Crippen LogP contribution in [-0.4, -0.2) is 18.7 Å². The molecule has 0 bridgehead atoms. The zero-order valence-electron chi connectivity index (χ0n) is 12.6. The maximum absolute atomic E-state index is 9.03. The summed E-state index contributed by atoms with van der Waals surface area (Å²) in [4.78, 5) is 0. The molecule has 0 radical (unpaired) electrons. The molecular formula is C16H24N2O. The average Bonchev–Trinajstić information content (AvgIpc) is 2.38. The minimum atomic E-state index is -0.497. The van der Waals surface area contributed by atoms with Gasteiger partial charge in [-0.2, -0.15) is 5.26 Å². The summed E-state index contributed by atoms with van der Waals surface area (Å²) in [6, 6.07) is 10.4. The van der Waals surface area contributed by atoms with E-state index in [1.54, 1.807) is 0 Å². The zero-order valence-corrected chi connectivity index (χ0v) is 12.6. The summed E-state index contributed by atoms with van der Waals surface area (Å²) in [6.45, 7) is 11.5. The quantitative estimate of drug-likeness (QED) is 0.854. The lowest BCUT2D eigenvalue weighted by Gasteiger charge is -2.29. The highest BCUT2D eigenvalue weighted by atomic mass is 16.5. The first-order valence-electron chi connectivity index (χ1n) is 6.70. The summed E-state index contributed by atoms with van der Waals surface area (Å²) in [6.07, 6.45) is 0. The lowest BCUT2D eigenvalue weighted by molar-refractivity contribution is 0.339. The number of hydrogen-bond donors (Lipinski definition) is 1. The normalized spacial score (nSPS) is 12.0. The van der Waals surface area contributed by atoms with Crippen LogP contribution in [0, 0.1) is 11.3 Å². The van der Waals surface area contributed by atoms with Crippen LogP contribution in [0.4, 0.5) is 0 Å². The second-order valence-electron chi connectivity index (χ2n) is 5.93. The third kappa shape index (κ3) is 4.57. The molecule has 1 N–H and O–H groups in total. The molecule has 0 unspecified atom stereocenters. The Kier molecular flexibility index (Phi) is 4.97. The van der Waals surface area contributed by atoms with Gasteiger partial charge >= 0.3 is 0 Å². The molecule has 0 aliphatic rings. The number of nitriles is 1. The van der Waals surface area contributed by atoms with Crippen LogP contribution in [0.5, 0.6) is 5.75 Å². The highest BCUT2D eigenvalue weighted by molar-refractivity contribution is 5.32. The summed E-state index contributed by atoms with van der Waals surface area (Å²) in [5, 5.41) is 12.3. The molecule has 0 heterocycles. The monoisotopic (exact) mass is 260 g/mol. The third-order valence-electron chi connectivity index (χ3n) is 3.20. The van der Waals surface area contributed by atoms with Gasteiger partial charge in [-0.05, 0) is 38.5 Å². The van der Waals surface area contributed by atoms with Gasteiger partial charge in [-0.25, -0.2) is 0 Å². The Morgan fingerprint density at radius 3 is 2.21 bits per heavy atom. The molecule has 1 rings (SSSR count). The molecule has 0 saturated carbocycles. The summed E-state index contributed by atoms with van der Waals surface area (Å²) in [5.74, 6) is 0.896. The second-order valence-corrected chi connectivity index (χ2v) is 5.93. The molecule has 3 nitrogen and oxygen atoms in total. The van der Waals surface area contributed by atoms with E-state index < -0.39 is 5.54 Å². The second kappa shape index (κ2) is 6.08. The van der Waals surface area contributed by atoms with Crippen molar-refractivity contribution < 1.29 is 4.74 Å². The fourth-order valence-electron chi connectivity index (χ4n) is 1.75. The molecule has 0 amide bonds. The first-order chi connectivity index (χ1) is 8.80. The van der Waals surface area contributed by atoms with Crippen LogP contribution in [0.15, 0.2) is 24.3 Å². The van der Waals surface area contributed by atoms with Gasteiger partial charge in [0.2, 0.25) is 0 Å². The van der Waals surface area contributed by atoms with Crippen LogP contribution in [-0.2, 0) is 5.41 Å². The largest absolute Gasteiger partial charge is 0.494 e. The Bertz CT molecular complexity index is 441. The molecule has 0 aliphatic carbocycles. The fourth-order valence-corrected chi connectivity index (χ4v) is 1.75. The molecule has 1 aromatic rings. The SMILES string of the molecule is CCOc1ccc(C(C)(C)CNC(C)(C)C#N)cc1. The molecule has 19 heavy (non-hydrogen) atoms. The molecule has 0 fully saturated rings. The summed E-state index contributed by atoms with van der Waals surface area (Å²) >= 11 is 0. The van der Waals surface area contributed by atoms with Gasteiger partial charge in [0.15, 0.2) is 0 Å². The van der Waals surface area contributed by atoms with E-state index in [4.69, 9.17) is 10.00 Å². The van der Waals surface area contributed by atoms with E-state index in [-0.39, 0.29) is 5.41 Å². The van der Waals surface area contributed by atoms with Gasteiger partial charge in [0, 0.05) is 12.0 Å². The maximum Gasteiger partial charge on any atom is 0.119 e. The predicted octanol–water partition coefficient (Wildman–Crippen LogP) is 3.25. The van der Waals surface area contributed by atoms with Crippen molar-refractivity contribution in [1.82, 2.24) is 5.32 Å². The van der Waals surface area contributed by atoms with E-state index in [0.717, 1.165) is 12.3 Å². The van der Waals surface area contributed by atoms with Gasteiger partial charge in [0.25, 0.3) is 0 Å². The molecule has 0 aliphatic heterocycles. The molecule has 1 aromatic carbocycles. The molecule has 0 saturated heterocycles. The van der Waals surface area contributed by atoms with Crippen molar-refractivity contribution >= 4 is 0 Å². The van der Waals surface area contributed by atoms with Gasteiger partial charge in [0.05, 0.1) is 12.7 Å². The van der Waals surface area contributed by atoms with Crippen LogP contribution >= 0.6 is 0 Å². The van der Waals surface area contributed by atoms with E-state index in [9.17, 15) is 0 Å². The Morgan fingerprint density at radius 1 is 1.16 bits per heavy atom. The molecule has 0 atom stereocenters. The lowest BCUT2D eigenvalue weighted by atomic mass is 9.84. The Labute approximate surface area is 116 Å². The Morgan fingerprint density at radius 2 is 1.74 bits per heavy atom. The number of nitrogens with one attached hydrogen (secondary N) is 1. The first-order valence-corrected chi connectivity index (χ1v) is 6.70. The van der Waals surface area contributed by atoms with E-state index in [1.807, 2.05) is 32.9 Å². The average molecular weight is 260 g/mol. The molecule has 3 heteroatoms. The van der Waals surface area contributed by atoms with E-state index >= 15 is 0 Å². The standard InChI is InChI=1S/C16H24N2O/c1-6-19-14-9-7-13(8-10-14)15(2,3)12-18-16(4,5)11-17/h7-10,18H,6,12H2,1-5H3. The zero-order chi connectivity index (χ0) is 14.5. The van der Waals surface area contributed by atoms with E-state index in [0.29, 0.717) is 6.61 Å². The van der Waals surface area contributed by atoms with Crippen molar-refractivity contribution in [3.05, 3.63) is 29.8 Å². The summed E-state index contributed by atoms with van der Waals surface area (Å²) < 4.78 is 5.45. The Balaban J connectivity index is 2.74. The fraction of sp³-hybridized carbons (Fsp3) is 0.562. The van der Waals surface area contributed by atoms with Crippen LogP contribution < -0.4 is 10.1 Å². The first kappa shape index (κ1) is 15.5. The van der Waals surface area contributed by atoms with Crippen LogP contribution in [0.2, 0.25) is 0 Å². The van der Waals surface area contributed by atoms with Gasteiger partial charge in [-0.3, -0.25) is 5.32 Å². The summed E-state index contributed by atoms with van der Waals surface area (Å²) in [5.41, 5.74) is 0.707.